The molecule has 3 aromatic rings. The SMILES string of the molecule is O=S(=O)(O)c1ccc(/N=N/c2cnn(-c3ccc(S(=O)(=O)O)cc3)c2O)cc1.[Na+].[Na+].[Na+]. The maximum Gasteiger partial charge on any atom is 1.00 e. The molecule has 0 saturated carbocycles. The summed E-state index contributed by atoms with van der Waals surface area (Å²) >= 11 is 0. The van der Waals surface area contributed by atoms with Gasteiger partial charge in [0.1, 0.15) is 0 Å². The van der Waals surface area contributed by atoms with Gasteiger partial charge in [-0.15, -0.1) is 5.11 Å². The van der Waals surface area contributed by atoms with Gasteiger partial charge in [0.15, 0.2) is 5.69 Å². The van der Waals surface area contributed by atoms with E-state index in [2.05, 4.69) is 15.3 Å². The van der Waals surface area contributed by atoms with Crippen molar-refractivity contribution in [3.8, 4) is 11.6 Å². The van der Waals surface area contributed by atoms with Crippen LogP contribution in [-0.4, -0.2) is 40.8 Å². The fourth-order valence-corrected chi connectivity index (χ4v) is 3.11. The van der Waals surface area contributed by atoms with E-state index < -0.39 is 20.2 Å². The summed E-state index contributed by atoms with van der Waals surface area (Å²) in [4.78, 5) is -0.605. The molecule has 3 rings (SSSR count). The molecule has 0 amide bonds. The summed E-state index contributed by atoms with van der Waals surface area (Å²) in [5.41, 5.74) is 0.568. The predicted octanol–water partition coefficient (Wildman–Crippen LogP) is -6.50. The molecule has 16 heteroatoms. The second-order valence-corrected chi connectivity index (χ2v) is 8.25. The molecule has 146 valence electrons. The summed E-state index contributed by atoms with van der Waals surface area (Å²) in [6.45, 7) is 0. The first-order valence-corrected chi connectivity index (χ1v) is 10.3. The van der Waals surface area contributed by atoms with Crippen LogP contribution in [0.2, 0.25) is 0 Å². The summed E-state index contributed by atoms with van der Waals surface area (Å²) < 4.78 is 63.1. The van der Waals surface area contributed by atoms with Crippen molar-refractivity contribution >= 4 is 31.6 Å². The van der Waals surface area contributed by atoms with Crippen LogP contribution in [0.3, 0.4) is 0 Å². The number of benzene rings is 2. The predicted molar refractivity (Wildman–Crippen MR) is 95.5 cm³/mol. The molecule has 0 spiro atoms. The van der Waals surface area contributed by atoms with Crippen molar-refractivity contribution in [2.45, 2.75) is 9.79 Å². The first-order valence-electron chi connectivity index (χ1n) is 7.40. The van der Waals surface area contributed by atoms with Crippen molar-refractivity contribution in [2.24, 2.45) is 10.2 Å². The van der Waals surface area contributed by atoms with Gasteiger partial charge in [0.05, 0.1) is 27.4 Å². The third-order valence-electron chi connectivity index (χ3n) is 3.51. The second-order valence-electron chi connectivity index (χ2n) is 5.40. The molecule has 0 radical (unpaired) electrons. The number of hydrogen-bond donors (Lipinski definition) is 3. The molecule has 0 atom stereocenters. The molecule has 0 unspecified atom stereocenters. The first-order chi connectivity index (χ1) is 13.1. The third kappa shape index (κ3) is 7.99. The van der Waals surface area contributed by atoms with E-state index in [1.165, 1.54) is 30.5 Å². The van der Waals surface area contributed by atoms with E-state index >= 15 is 0 Å². The average molecular weight is 493 g/mol. The average Bonchev–Trinajstić information content (AvgIpc) is 2.99. The molecular weight excluding hydrogens is 481 g/mol. The number of rotatable bonds is 5. The summed E-state index contributed by atoms with van der Waals surface area (Å²) in [6.07, 6.45) is 1.21. The topological polar surface area (TPSA) is 172 Å². The fourth-order valence-electron chi connectivity index (χ4n) is 2.15. The van der Waals surface area contributed by atoms with Gasteiger partial charge in [-0.2, -0.15) is 31.7 Å². The van der Waals surface area contributed by atoms with Gasteiger partial charge < -0.3 is 5.11 Å². The molecule has 31 heavy (non-hydrogen) atoms. The van der Waals surface area contributed by atoms with Crippen LogP contribution in [0.5, 0.6) is 5.88 Å². The van der Waals surface area contributed by atoms with Crippen LogP contribution in [0.4, 0.5) is 11.4 Å². The van der Waals surface area contributed by atoms with Crippen molar-refractivity contribution in [3.05, 3.63) is 54.7 Å². The fraction of sp³-hybridized carbons (Fsp3) is 0. The zero-order valence-corrected chi connectivity index (χ0v) is 24.4. The number of aromatic hydroxyl groups is 1. The molecule has 1 heterocycles. The molecular formula is C15H12N4Na3O7S2+3. The Kier molecular flexibility index (Phi) is 12.3. The summed E-state index contributed by atoms with van der Waals surface area (Å²) in [6, 6.07) is 9.83. The molecule has 2 aromatic carbocycles. The van der Waals surface area contributed by atoms with Gasteiger partial charge in [-0.1, -0.05) is 0 Å². The van der Waals surface area contributed by atoms with Crippen LogP contribution in [0.1, 0.15) is 0 Å². The van der Waals surface area contributed by atoms with Gasteiger partial charge in [-0.3, -0.25) is 9.11 Å². The summed E-state index contributed by atoms with van der Waals surface area (Å²) in [5.74, 6) is -0.377. The van der Waals surface area contributed by atoms with E-state index in [4.69, 9.17) is 9.11 Å². The van der Waals surface area contributed by atoms with Gasteiger partial charge >= 0.3 is 88.7 Å². The Morgan fingerprint density at radius 1 is 0.742 bits per heavy atom. The molecule has 3 N–H and O–H groups in total. The molecule has 11 nitrogen and oxygen atoms in total. The number of azo groups is 1. The van der Waals surface area contributed by atoms with E-state index in [9.17, 15) is 21.9 Å². The van der Waals surface area contributed by atoms with Crippen LogP contribution in [0.15, 0.2) is 74.7 Å². The van der Waals surface area contributed by atoms with Crippen molar-refractivity contribution < 1.29 is 120 Å². The van der Waals surface area contributed by atoms with E-state index in [0.717, 1.165) is 28.9 Å². The Bertz CT molecular complexity index is 1260. The van der Waals surface area contributed by atoms with Crippen LogP contribution in [0, 0.1) is 0 Å². The second kappa shape index (κ2) is 12.4. The minimum Gasteiger partial charge on any atom is -0.492 e. The molecule has 0 aliphatic carbocycles. The number of hydrogen-bond acceptors (Lipinski definition) is 8. The molecule has 0 saturated heterocycles. The standard InChI is InChI=1S/C15H12N4O7S2.3Na/c20-15-14(18-17-10-1-5-12(6-2-10)27(21,22)23)9-16-19(15)11-3-7-13(8-4-11)28(24,25)26;;;/h1-9,20H,(H,21,22,23)(H,24,25,26);;;/q;3*+1/b18-17+;;;. The maximum atomic E-state index is 11.1. The minimum atomic E-state index is -4.34. The monoisotopic (exact) mass is 493 g/mol. The zero-order valence-electron chi connectivity index (χ0n) is 16.8. The molecule has 0 aliphatic rings. The van der Waals surface area contributed by atoms with Gasteiger partial charge in [0.2, 0.25) is 5.88 Å². The number of aromatic nitrogens is 2. The van der Waals surface area contributed by atoms with Gasteiger partial charge in [-0.05, 0) is 48.5 Å². The largest absolute Gasteiger partial charge is 1.00 e. The quantitative estimate of drug-likeness (QED) is 0.179. The van der Waals surface area contributed by atoms with E-state index in [0.29, 0.717) is 5.69 Å². The normalized spacial score (nSPS) is 11.3. The molecule has 0 fully saturated rings. The van der Waals surface area contributed by atoms with Crippen LogP contribution < -0.4 is 88.7 Å². The Balaban J connectivity index is 0.00000300. The van der Waals surface area contributed by atoms with Crippen molar-refractivity contribution in [1.82, 2.24) is 9.78 Å². The van der Waals surface area contributed by atoms with E-state index in [1.807, 2.05) is 0 Å². The van der Waals surface area contributed by atoms with Crippen molar-refractivity contribution in [1.29, 1.82) is 0 Å². The smallest absolute Gasteiger partial charge is 0.492 e. The van der Waals surface area contributed by atoms with Gasteiger partial charge in [0, 0.05) is 0 Å². The molecule has 1 aromatic heterocycles. The Labute approximate surface area is 244 Å². The van der Waals surface area contributed by atoms with Crippen molar-refractivity contribution in [2.75, 3.05) is 0 Å². The Morgan fingerprint density at radius 3 is 1.65 bits per heavy atom. The molecule has 0 aliphatic heterocycles. The van der Waals surface area contributed by atoms with E-state index in [1.54, 1.807) is 0 Å². The van der Waals surface area contributed by atoms with E-state index in [-0.39, 0.29) is 116 Å². The molecule has 0 bridgehead atoms. The van der Waals surface area contributed by atoms with Crippen LogP contribution in [-0.2, 0) is 20.2 Å². The van der Waals surface area contributed by atoms with Crippen LogP contribution in [0.25, 0.3) is 5.69 Å². The van der Waals surface area contributed by atoms with Gasteiger partial charge in [0.25, 0.3) is 20.2 Å². The van der Waals surface area contributed by atoms with Crippen molar-refractivity contribution in [3.63, 3.8) is 0 Å². The summed E-state index contributed by atoms with van der Waals surface area (Å²) in [5, 5.41) is 21.8. The maximum absolute atomic E-state index is 11.1. The van der Waals surface area contributed by atoms with Gasteiger partial charge in [-0.25, -0.2) is 0 Å². The Morgan fingerprint density at radius 2 is 1.19 bits per heavy atom. The Hall–Kier alpha value is -0.130. The summed E-state index contributed by atoms with van der Waals surface area (Å²) in [7, 11) is -8.65. The first kappa shape index (κ1) is 30.9. The van der Waals surface area contributed by atoms with Crippen LogP contribution >= 0.6 is 0 Å². The minimum absolute atomic E-state index is 0. The third-order valence-corrected chi connectivity index (χ3v) is 5.25. The number of nitrogens with zero attached hydrogens (tertiary/aromatic N) is 4. The zero-order chi connectivity index (χ0) is 20.5.